The van der Waals surface area contributed by atoms with Crippen molar-refractivity contribution in [2.45, 2.75) is 13.0 Å². The van der Waals surface area contributed by atoms with Crippen LogP contribution in [0.15, 0.2) is 31.0 Å². The van der Waals surface area contributed by atoms with Gasteiger partial charge in [-0.1, -0.05) is 0 Å². The fourth-order valence-corrected chi connectivity index (χ4v) is 1.62. The highest BCUT2D eigenvalue weighted by molar-refractivity contribution is 5.96. The van der Waals surface area contributed by atoms with Crippen LogP contribution in [0.5, 0.6) is 0 Å². The minimum absolute atomic E-state index is 0.0783. The number of pyridine rings is 1. The summed E-state index contributed by atoms with van der Waals surface area (Å²) in [6.45, 7) is 1.16. The topological polar surface area (TPSA) is 99.8 Å². The van der Waals surface area contributed by atoms with Gasteiger partial charge in [-0.25, -0.2) is 4.98 Å². The van der Waals surface area contributed by atoms with E-state index in [1.807, 2.05) is 0 Å². The zero-order valence-electron chi connectivity index (χ0n) is 9.91. The predicted molar refractivity (Wildman–Crippen MR) is 68.0 cm³/mol. The third-order valence-corrected chi connectivity index (χ3v) is 2.60. The Labute approximate surface area is 105 Å². The average molecular weight is 245 g/mol. The van der Waals surface area contributed by atoms with Gasteiger partial charge in [-0.15, -0.1) is 0 Å². The highest BCUT2D eigenvalue weighted by Crippen LogP contribution is 2.12. The van der Waals surface area contributed by atoms with Crippen LogP contribution in [0, 0.1) is 0 Å². The Bertz CT molecular complexity index is 549. The zero-order valence-corrected chi connectivity index (χ0v) is 9.91. The number of hydrogen-bond acceptors (Lipinski definition) is 5. The van der Waals surface area contributed by atoms with E-state index in [2.05, 4.69) is 9.97 Å². The molecule has 0 spiro atoms. The maximum atomic E-state index is 12.0. The molecule has 2 aromatic heterocycles. The van der Waals surface area contributed by atoms with Gasteiger partial charge in [-0.05, 0) is 6.07 Å². The molecular formula is C12H15N5O. The Morgan fingerprint density at radius 2 is 2.28 bits per heavy atom. The second kappa shape index (κ2) is 5.42. The van der Waals surface area contributed by atoms with E-state index in [9.17, 15) is 4.79 Å². The Kier molecular flexibility index (Phi) is 3.69. The maximum Gasteiger partial charge on any atom is 0.187 e. The van der Waals surface area contributed by atoms with Crippen LogP contribution in [0.4, 0.5) is 5.69 Å². The van der Waals surface area contributed by atoms with Crippen molar-refractivity contribution < 1.29 is 4.79 Å². The second-order valence-electron chi connectivity index (χ2n) is 3.96. The van der Waals surface area contributed by atoms with Crippen molar-refractivity contribution >= 4 is 11.5 Å². The number of nitrogens with zero attached hydrogens (tertiary/aromatic N) is 3. The van der Waals surface area contributed by atoms with Gasteiger partial charge in [0.05, 0.1) is 6.33 Å². The van der Waals surface area contributed by atoms with Gasteiger partial charge in [-0.3, -0.25) is 9.78 Å². The van der Waals surface area contributed by atoms with E-state index in [0.717, 1.165) is 5.56 Å². The van der Waals surface area contributed by atoms with Crippen LogP contribution in [0.2, 0.25) is 0 Å². The molecule has 0 radical (unpaired) electrons. The van der Waals surface area contributed by atoms with Crippen LogP contribution in [0.1, 0.15) is 16.1 Å². The normalized spacial score (nSPS) is 10.5. The average Bonchev–Trinajstić information content (AvgIpc) is 2.81. The third kappa shape index (κ3) is 2.72. The van der Waals surface area contributed by atoms with Crippen LogP contribution in [-0.2, 0) is 13.0 Å². The summed E-state index contributed by atoms with van der Waals surface area (Å²) >= 11 is 0. The Hall–Kier alpha value is -2.21. The van der Waals surface area contributed by atoms with Crippen LogP contribution in [0.25, 0.3) is 0 Å². The fraction of sp³-hybridized carbons (Fsp3) is 0.250. The Morgan fingerprint density at radius 1 is 1.44 bits per heavy atom. The molecule has 0 aliphatic heterocycles. The van der Waals surface area contributed by atoms with E-state index in [0.29, 0.717) is 24.5 Å². The van der Waals surface area contributed by atoms with Crippen LogP contribution >= 0.6 is 0 Å². The SMILES string of the molecule is NCCn1cnc(C(=O)Cc2cnccc2N)c1. The van der Waals surface area contributed by atoms with Crippen molar-refractivity contribution in [3.8, 4) is 0 Å². The first-order valence-electron chi connectivity index (χ1n) is 5.64. The van der Waals surface area contributed by atoms with Crippen LogP contribution < -0.4 is 11.5 Å². The number of imidazole rings is 1. The minimum Gasteiger partial charge on any atom is -0.398 e. The smallest absolute Gasteiger partial charge is 0.187 e. The fourth-order valence-electron chi connectivity index (χ4n) is 1.62. The molecule has 0 saturated heterocycles. The molecule has 0 aliphatic carbocycles. The molecule has 2 aromatic rings. The number of carbonyl (C=O) groups excluding carboxylic acids is 1. The Morgan fingerprint density at radius 3 is 3.00 bits per heavy atom. The molecule has 0 unspecified atom stereocenters. The zero-order chi connectivity index (χ0) is 13.0. The van der Waals surface area contributed by atoms with E-state index >= 15 is 0 Å². The molecule has 0 atom stereocenters. The lowest BCUT2D eigenvalue weighted by molar-refractivity contribution is 0.0988. The van der Waals surface area contributed by atoms with E-state index < -0.39 is 0 Å². The highest BCUT2D eigenvalue weighted by atomic mass is 16.1. The maximum absolute atomic E-state index is 12.0. The minimum atomic E-state index is -0.0783. The van der Waals surface area contributed by atoms with Gasteiger partial charge in [0.1, 0.15) is 5.69 Å². The Balaban J connectivity index is 2.10. The lowest BCUT2D eigenvalue weighted by Gasteiger charge is -2.02. The van der Waals surface area contributed by atoms with Gasteiger partial charge in [0, 0.05) is 49.4 Å². The monoisotopic (exact) mass is 245 g/mol. The molecule has 6 heteroatoms. The standard InChI is InChI=1S/C12H15N5O/c13-2-4-17-7-11(16-8-17)12(18)5-9-6-15-3-1-10(9)14/h1,3,6-8H,2,4-5,13H2,(H2,14,15). The molecule has 4 N–H and O–H groups in total. The molecular weight excluding hydrogens is 230 g/mol. The van der Waals surface area contributed by atoms with Crippen molar-refractivity contribution in [2.24, 2.45) is 5.73 Å². The van der Waals surface area contributed by atoms with Gasteiger partial charge < -0.3 is 16.0 Å². The van der Waals surface area contributed by atoms with Crippen molar-refractivity contribution in [1.82, 2.24) is 14.5 Å². The van der Waals surface area contributed by atoms with Gasteiger partial charge in [0.15, 0.2) is 5.78 Å². The van der Waals surface area contributed by atoms with Crippen molar-refractivity contribution in [1.29, 1.82) is 0 Å². The summed E-state index contributed by atoms with van der Waals surface area (Å²) in [5.74, 6) is -0.0783. The molecule has 0 saturated carbocycles. The molecule has 0 fully saturated rings. The number of hydrogen-bond donors (Lipinski definition) is 2. The van der Waals surface area contributed by atoms with E-state index in [1.54, 1.807) is 35.6 Å². The number of Topliss-reactive ketones (excluding diaryl/α,β-unsaturated/α-hetero) is 1. The molecule has 94 valence electrons. The number of carbonyl (C=O) groups is 1. The second-order valence-corrected chi connectivity index (χ2v) is 3.96. The predicted octanol–water partition coefficient (Wildman–Crippen LogP) is 0.244. The van der Waals surface area contributed by atoms with Gasteiger partial charge in [0.2, 0.25) is 0 Å². The van der Waals surface area contributed by atoms with Crippen LogP contribution in [0.3, 0.4) is 0 Å². The molecule has 0 aromatic carbocycles. The quantitative estimate of drug-likeness (QED) is 0.735. The molecule has 18 heavy (non-hydrogen) atoms. The van der Waals surface area contributed by atoms with Gasteiger partial charge >= 0.3 is 0 Å². The molecule has 0 bridgehead atoms. The summed E-state index contributed by atoms with van der Waals surface area (Å²) in [5.41, 5.74) is 12.9. The van der Waals surface area contributed by atoms with Gasteiger partial charge in [0.25, 0.3) is 0 Å². The van der Waals surface area contributed by atoms with Gasteiger partial charge in [-0.2, -0.15) is 0 Å². The molecule has 0 aliphatic rings. The summed E-state index contributed by atoms with van der Waals surface area (Å²) in [5, 5.41) is 0. The first-order chi connectivity index (χ1) is 8.70. The van der Waals surface area contributed by atoms with Crippen LogP contribution in [-0.4, -0.2) is 26.9 Å². The molecule has 2 rings (SSSR count). The summed E-state index contributed by atoms with van der Waals surface area (Å²) in [6, 6.07) is 1.68. The molecule has 2 heterocycles. The van der Waals surface area contributed by atoms with Crippen molar-refractivity contribution in [3.05, 3.63) is 42.2 Å². The number of ketones is 1. The highest BCUT2D eigenvalue weighted by Gasteiger charge is 2.12. The van der Waals surface area contributed by atoms with Crippen molar-refractivity contribution in [2.75, 3.05) is 12.3 Å². The first kappa shape index (κ1) is 12.3. The van der Waals surface area contributed by atoms with E-state index in [1.165, 1.54) is 0 Å². The summed E-state index contributed by atoms with van der Waals surface area (Å²) in [4.78, 5) is 20.0. The van der Waals surface area contributed by atoms with Crippen molar-refractivity contribution in [3.63, 3.8) is 0 Å². The lowest BCUT2D eigenvalue weighted by Crippen LogP contribution is -2.09. The molecule has 6 nitrogen and oxygen atoms in total. The van der Waals surface area contributed by atoms with E-state index in [-0.39, 0.29) is 12.2 Å². The lowest BCUT2D eigenvalue weighted by atomic mass is 10.1. The largest absolute Gasteiger partial charge is 0.398 e. The first-order valence-corrected chi connectivity index (χ1v) is 5.64. The molecule has 0 amide bonds. The number of nitrogens with two attached hydrogens (primary N) is 2. The number of anilines is 1. The summed E-state index contributed by atoms with van der Waals surface area (Å²) < 4.78 is 1.79. The summed E-state index contributed by atoms with van der Waals surface area (Å²) in [6.07, 6.45) is 6.71. The number of rotatable bonds is 5. The third-order valence-electron chi connectivity index (χ3n) is 2.60. The van der Waals surface area contributed by atoms with E-state index in [4.69, 9.17) is 11.5 Å². The summed E-state index contributed by atoms with van der Waals surface area (Å²) in [7, 11) is 0. The number of aromatic nitrogens is 3. The number of nitrogen functional groups attached to an aromatic ring is 1.